The first-order chi connectivity index (χ1) is 9.52. The zero-order chi connectivity index (χ0) is 14.7. The molecule has 0 amide bonds. The van der Waals surface area contributed by atoms with Crippen molar-refractivity contribution in [3.05, 3.63) is 46.2 Å². The smallest absolute Gasteiger partial charge is 0.131 e. The Morgan fingerprint density at radius 1 is 1.45 bits per heavy atom. The molecular weight excluding hydrogens is 274 g/mol. The summed E-state index contributed by atoms with van der Waals surface area (Å²) in [5, 5.41) is 5.05. The van der Waals surface area contributed by atoms with E-state index in [1.54, 1.807) is 0 Å². The average Bonchev–Trinajstić information content (AvgIpc) is 2.72. The molecule has 2 rings (SSSR count). The third-order valence-electron chi connectivity index (χ3n) is 3.21. The van der Waals surface area contributed by atoms with Crippen LogP contribution in [0.1, 0.15) is 36.8 Å². The molecule has 0 spiro atoms. The van der Waals surface area contributed by atoms with Crippen molar-refractivity contribution in [2.24, 2.45) is 5.73 Å². The molecule has 0 aliphatic carbocycles. The van der Waals surface area contributed by atoms with E-state index >= 15 is 0 Å². The molecule has 1 heterocycles. The molecule has 1 aromatic heterocycles. The van der Waals surface area contributed by atoms with Gasteiger partial charge in [-0.05, 0) is 38.5 Å². The molecule has 1 unspecified atom stereocenters. The van der Waals surface area contributed by atoms with Crippen molar-refractivity contribution in [3.63, 3.8) is 0 Å². The number of halogens is 1. The van der Waals surface area contributed by atoms with E-state index in [0.29, 0.717) is 11.6 Å². The molecule has 2 N–H and O–H groups in total. The van der Waals surface area contributed by atoms with Crippen molar-refractivity contribution in [2.75, 3.05) is 0 Å². The molecule has 1 atom stereocenters. The molecule has 2 aromatic rings. The number of benzene rings is 1. The number of hydrogen-bond donors (Lipinski definition) is 1. The van der Waals surface area contributed by atoms with Crippen molar-refractivity contribution in [2.45, 2.75) is 40.0 Å². The molecule has 108 valence electrons. The Morgan fingerprint density at radius 3 is 2.85 bits per heavy atom. The largest absolute Gasteiger partial charge is 0.487 e. The van der Waals surface area contributed by atoms with Crippen LogP contribution in [0, 0.1) is 6.92 Å². The summed E-state index contributed by atoms with van der Waals surface area (Å²) < 4.78 is 7.69. The van der Waals surface area contributed by atoms with E-state index < -0.39 is 0 Å². The van der Waals surface area contributed by atoms with Crippen LogP contribution >= 0.6 is 11.6 Å². The van der Waals surface area contributed by atoms with Gasteiger partial charge in [0.2, 0.25) is 0 Å². The van der Waals surface area contributed by atoms with Gasteiger partial charge in [0.05, 0.1) is 16.4 Å². The Labute approximate surface area is 124 Å². The van der Waals surface area contributed by atoms with Crippen LogP contribution in [0.2, 0.25) is 5.02 Å². The second kappa shape index (κ2) is 6.29. The van der Waals surface area contributed by atoms with E-state index in [1.165, 1.54) is 0 Å². The number of nitrogens with two attached hydrogens (primary N) is 1. The van der Waals surface area contributed by atoms with E-state index in [-0.39, 0.29) is 6.04 Å². The summed E-state index contributed by atoms with van der Waals surface area (Å²) in [6.07, 6.45) is 0. The minimum atomic E-state index is -0.00875. The topological polar surface area (TPSA) is 53.1 Å². The second-order valence-electron chi connectivity index (χ2n) is 4.81. The van der Waals surface area contributed by atoms with E-state index in [0.717, 1.165) is 29.2 Å². The SMILES string of the molecule is CCn1nc(C)c(Cl)c1COc1cccc(C(C)N)c1. The van der Waals surface area contributed by atoms with Gasteiger partial charge in [-0.1, -0.05) is 23.7 Å². The Bertz CT molecular complexity index is 593. The van der Waals surface area contributed by atoms with Crippen LogP contribution in [0.15, 0.2) is 24.3 Å². The normalized spacial score (nSPS) is 12.4. The lowest BCUT2D eigenvalue weighted by atomic mass is 10.1. The quantitative estimate of drug-likeness (QED) is 0.918. The molecular formula is C15H20ClN3O. The molecule has 0 bridgehead atoms. The minimum Gasteiger partial charge on any atom is -0.487 e. The highest BCUT2D eigenvalue weighted by Crippen LogP contribution is 2.23. The third-order valence-corrected chi connectivity index (χ3v) is 3.70. The summed E-state index contributed by atoms with van der Waals surface area (Å²) in [7, 11) is 0. The number of nitrogens with zero attached hydrogens (tertiary/aromatic N) is 2. The lowest BCUT2D eigenvalue weighted by Gasteiger charge is -2.11. The predicted octanol–water partition coefficient (Wildman–Crippen LogP) is 3.46. The van der Waals surface area contributed by atoms with Crippen LogP contribution in [0.25, 0.3) is 0 Å². The Hall–Kier alpha value is -1.52. The number of ether oxygens (including phenoxy) is 1. The second-order valence-corrected chi connectivity index (χ2v) is 5.19. The van der Waals surface area contributed by atoms with Gasteiger partial charge < -0.3 is 10.5 Å². The summed E-state index contributed by atoms with van der Waals surface area (Å²) in [4.78, 5) is 0. The highest BCUT2D eigenvalue weighted by molar-refractivity contribution is 6.31. The first-order valence-corrected chi connectivity index (χ1v) is 7.10. The molecule has 0 saturated heterocycles. The molecule has 0 radical (unpaired) electrons. The number of aromatic nitrogens is 2. The zero-order valence-electron chi connectivity index (χ0n) is 12.1. The molecule has 0 saturated carbocycles. The van der Waals surface area contributed by atoms with Crippen LogP contribution in [-0.4, -0.2) is 9.78 Å². The van der Waals surface area contributed by atoms with Gasteiger partial charge in [0, 0.05) is 12.6 Å². The fourth-order valence-electron chi connectivity index (χ4n) is 2.05. The van der Waals surface area contributed by atoms with E-state index in [2.05, 4.69) is 5.10 Å². The minimum absolute atomic E-state index is 0.00875. The van der Waals surface area contributed by atoms with Crippen molar-refractivity contribution in [1.29, 1.82) is 0 Å². The van der Waals surface area contributed by atoms with E-state index in [4.69, 9.17) is 22.1 Å². The Balaban J connectivity index is 2.15. The molecule has 5 heteroatoms. The van der Waals surface area contributed by atoms with E-state index in [1.807, 2.05) is 49.7 Å². The number of aryl methyl sites for hydroxylation is 2. The lowest BCUT2D eigenvalue weighted by Crippen LogP contribution is -2.08. The molecule has 0 aliphatic rings. The van der Waals surface area contributed by atoms with Crippen LogP contribution in [0.4, 0.5) is 0 Å². The van der Waals surface area contributed by atoms with Gasteiger partial charge in [-0.25, -0.2) is 0 Å². The maximum atomic E-state index is 6.26. The zero-order valence-corrected chi connectivity index (χ0v) is 12.8. The summed E-state index contributed by atoms with van der Waals surface area (Å²) in [6, 6.07) is 7.80. The van der Waals surface area contributed by atoms with Gasteiger partial charge in [-0.2, -0.15) is 5.10 Å². The first-order valence-electron chi connectivity index (χ1n) is 6.73. The molecule has 20 heavy (non-hydrogen) atoms. The van der Waals surface area contributed by atoms with Crippen molar-refractivity contribution >= 4 is 11.6 Å². The van der Waals surface area contributed by atoms with E-state index in [9.17, 15) is 0 Å². The van der Waals surface area contributed by atoms with Gasteiger partial charge >= 0.3 is 0 Å². The van der Waals surface area contributed by atoms with Crippen molar-refractivity contribution < 1.29 is 4.74 Å². The highest BCUT2D eigenvalue weighted by atomic mass is 35.5. The van der Waals surface area contributed by atoms with Gasteiger partial charge in [-0.3, -0.25) is 4.68 Å². The lowest BCUT2D eigenvalue weighted by molar-refractivity contribution is 0.292. The molecule has 0 aliphatic heterocycles. The maximum Gasteiger partial charge on any atom is 0.131 e. The van der Waals surface area contributed by atoms with Crippen molar-refractivity contribution in [1.82, 2.24) is 9.78 Å². The van der Waals surface area contributed by atoms with Gasteiger partial charge in [-0.15, -0.1) is 0 Å². The van der Waals surface area contributed by atoms with Crippen LogP contribution in [0.5, 0.6) is 5.75 Å². The summed E-state index contributed by atoms with van der Waals surface area (Å²) >= 11 is 6.26. The van der Waals surface area contributed by atoms with Gasteiger partial charge in [0.25, 0.3) is 0 Å². The maximum absolute atomic E-state index is 6.26. The number of hydrogen-bond acceptors (Lipinski definition) is 3. The Morgan fingerprint density at radius 2 is 2.20 bits per heavy atom. The first kappa shape index (κ1) is 14.9. The van der Waals surface area contributed by atoms with Crippen LogP contribution in [0.3, 0.4) is 0 Å². The van der Waals surface area contributed by atoms with Crippen LogP contribution < -0.4 is 10.5 Å². The molecule has 4 nitrogen and oxygen atoms in total. The highest BCUT2D eigenvalue weighted by Gasteiger charge is 2.13. The number of rotatable bonds is 5. The fraction of sp³-hybridized carbons (Fsp3) is 0.400. The monoisotopic (exact) mass is 293 g/mol. The summed E-state index contributed by atoms with van der Waals surface area (Å²) in [6.45, 7) is 7.05. The van der Waals surface area contributed by atoms with Gasteiger partial charge in [0.15, 0.2) is 0 Å². The third kappa shape index (κ3) is 3.14. The summed E-state index contributed by atoms with van der Waals surface area (Å²) in [5.74, 6) is 0.789. The Kier molecular flexibility index (Phi) is 4.68. The van der Waals surface area contributed by atoms with Crippen molar-refractivity contribution in [3.8, 4) is 5.75 Å². The fourth-order valence-corrected chi connectivity index (χ4v) is 2.24. The summed E-state index contributed by atoms with van der Waals surface area (Å²) in [5.41, 5.74) is 8.65. The average molecular weight is 294 g/mol. The standard InChI is InChI=1S/C15H20ClN3O/c1-4-19-14(15(16)11(3)18-19)9-20-13-7-5-6-12(8-13)10(2)17/h5-8,10H,4,9,17H2,1-3H3. The predicted molar refractivity (Wildman–Crippen MR) is 81.0 cm³/mol. The molecule has 1 aromatic carbocycles. The van der Waals surface area contributed by atoms with Gasteiger partial charge in [0.1, 0.15) is 12.4 Å². The van der Waals surface area contributed by atoms with Crippen LogP contribution in [-0.2, 0) is 13.2 Å². The molecule has 0 fully saturated rings.